The molecule has 7 heteroatoms. The summed E-state index contributed by atoms with van der Waals surface area (Å²) >= 11 is 1.35. The average Bonchev–Trinajstić information content (AvgIpc) is 2.92. The SMILES string of the molecule is CC(C)(CCCO)CNC(=O)c1cnc2sccn2c1=O. The highest BCUT2D eigenvalue weighted by Gasteiger charge is 2.20. The Kier molecular flexibility index (Phi) is 4.74. The van der Waals surface area contributed by atoms with E-state index in [0.717, 1.165) is 6.42 Å². The van der Waals surface area contributed by atoms with E-state index in [-0.39, 0.29) is 23.1 Å². The third kappa shape index (κ3) is 3.68. The van der Waals surface area contributed by atoms with Crippen LogP contribution in [0.3, 0.4) is 0 Å². The summed E-state index contributed by atoms with van der Waals surface area (Å²) in [4.78, 5) is 29.0. The van der Waals surface area contributed by atoms with E-state index in [4.69, 9.17) is 5.11 Å². The fourth-order valence-corrected chi connectivity index (χ4v) is 2.72. The molecule has 0 saturated heterocycles. The van der Waals surface area contributed by atoms with Crippen molar-refractivity contribution in [2.24, 2.45) is 5.41 Å². The van der Waals surface area contributed by atoms with Gasteiger partial charge in [0, 0.05) is 30.9 Å². The molecule has 0 saturated carbocycles. The van der Waals surface area contributed by atoms with Gasteiger partial charge in [-0.05, 0) is 18.3 Å². The van der Waals surface area contributed by atoms with Crippen molar-refractivity contribution in [3.8, 4) is 0 Å². The van der Waals surface area contributed by atoms with Crippen molar-refractivity contribution in [3.05, 3.63) is 33.7 Å². The van der Waals surface area contributed by atoms with E-state index in [9.17, 15) is 9.59 Å². The molecule has 0 bridgehead atoms. The number of amides is 1. The molecular formula is C14H19N3O3S. The lowest BCUT2D eigenvalue weighted by molar-refractivity contribution is 0.0931. The van der Waals surface area contributed by atoms with Crippen LogP contribution in [0.25, 0.3) is 4.96 Å². The Morgan fingerprint density at radius 1 is 1.52 bits per heavy atom. The number of aliphatic hydroxyl groups excluding tert-OH is 1. The van der Waals surface area contributed by atoms with Crippen molar-refractivity contribution in [1.82, 2.24) is 14.7 Å². The van der Waals surface area contributed by atoms with Crippen molar-refractivity contribution in [3.63, 3.8) is 0 Å². The number of aliphatic hydroxyl groups is 1. The largest absolute Gasteiger partial charge is 0.396 e. The molecule has 2 rings (SSSR count). The van der Waals surface area contributed by atoms with Gasteiger partial charge in [-0.25, -0.2) is 4.98 Å². The molecule has 0 unspecified atom stereocenters. The van der Waals surface area contributed by atoms with Crippen LogP contribution in [0.1, 0.15) is 37.0 Å². The number of rotatable bonds is 6. The standard InChI is InChI=1S/C14H19N3O3S/c1-14(2,4-3-6-18)9-16-11(19)10-8-15-13-17(12(10)20)5-7-21-13/h5,7-8,18H,3-4,6,9H2,1-2H3,(H,16,19). The molecule has 0 radical (unpaired) electrons. The summed E-state index contributed by atoms with van der Waals surface area (Å²) in [5.41, 5.74) is -0.440. The van der Waals surface area contributed by atoms with Crippen LogP contribution in [-0.2, 0) is 0 Å². The van der Waals surface area contributed by atoms with Crippen LogP contribution >= 0.6 is 11.3 Å². The van der Waals surface area contributed by atoms with Gasteiger partial charge in [0.25, 0.3) is 11.5 Å². The topological polar surface area (TPSA) is 83.7 Å². The van der Waals surface area contributed by atoms with Crippen molar-refractivity contribution in [2.45, 2.75) is 26.7 Å². The Morgan fingerprint density at radius 3 is 3.00 bits per heavy atom. The van der Waals surface area contributed by atoms with Gasteiger partial charge in [-0.2, -0.15) is 0 Å². The third-order valence-corrected chi connectivity index (χ3v) is 4.10. The van der Waals surface area contributed by atoms with E-state index >= 15 is 0 Å². The molecule has 2 aromatic rings. The molecule has 21 heavy (non-hydrogen) atoms. The van der Waals surface area contributed by atoms with E-state index in [1.54, 1.807) is 11.6 Å². The maximum absolute atomic E-state index is 12.2. The molecule has 0 aliphatic rings. The first-order valence-corrected chi connectivity index (χ1v) is 7.66. The quantitative estimate of drug-likeness (QED) is 0.842. The lowest BCUT2D eigenvalue weighted by atomic mass is 9.88. The van der Waals surface area contributed by atoms with Crippen molar-refractivity contribution in [2.75, 3.05) is 13.2 Å². The van der Waals surface area contributed by atoms with Gasteiger partial charge in [0.2, 0.25) is 0 Å². The zero-order chi connectivity index (χ0) is 15.5. The lowest BCUT2D eigenvalue weighted by Crippen LogP contribution is -2.37. The highest BCUT2D eigenvalue weighted by atomic mass is 32.1. The molecule has 2 aromatic heterocycles. The Hall–Kier alpha value is -1.73. The van der Waals surface area contributed by atoms with Crippen molar-refractivity contribution in [1.29, 1.82) is 0 Å². The summed E-state index contributed by atoms with van der Waals surface area (Å²) in [5.74, 6) is -0.412. The Morgan fingerprint density at radius 2 is 2.29 bits per heavy atom. The molecule has 0 aliphatic carbocycles. The monoisotopic (exact) mass is 309 g/mol. The Labute approximate surface area is 126 Å². The molecule has 0 aliphatic heterocycles. The minimum atomic E-state index is -0.412. The van der Waals surface area contributed by atoms with Gasteiger partial charge >= 0.3 is 0 Å². The minimum Gasteiger partial charge on any atom is -0.396 e. The van der Waals surface area contributed by atoms with Gasteiger partial charge in [0.1, 0.15) is 5.56 Å². The van der Waals surface area contributed by atoms with E-state index in [0.29, 0.717) is 17.9 Å². The zero-order valence-corrected chi connectivity index (χ0v) is 12.9. The number of hydrogen-bond acceptors (Lipinski definition) is 5. The predicted molar refractivity (Wildman–Crippen MR) is 81.8 cm³/mol. The summed E-state index contributed by atoms with van der Waals surface area (Å²) in [6, 6.07) is 0. The fourth-order valence-electron chi connectivity index (χ4n) is 2.04. The molecule has 2 N–H and O–H groups in total. The molecule has 0 atom stereocenters. The molecule has 1 amide bonds. The Bertz CT molecular complexity index is 690. The van der Waals surface area contributed by atoms with Crippen LogP contribution < -0.4 is 10.9 Å². The van der Waals surface area contributed by atoms with Crippen LogP contribution in [0, 0.1) is 5.41 Å². The zero-order valence-electron chi connectivity index (χ0n) is 12.1. The second-order valence-electron chi connectivity index (χ2n) is 5.71. The third-order valence-electron chi connectivity index (χ3n) is 3.33. The van der Waals surface area contributed by atoms with E-state index in [1.807, 2.05) is 13.8 Å². The van der Waals surface area contributed by atoms with Gasteiger partial charge in [0.05, 0.1) is 0 Å². The number of fused-ring (bicyclic) bond motifs is 1. The number of carbonyl (C=O) groups excluding carboxylic acids is 1. The minimum absolute atomic E-state index is 0.0452. The normalized spacial score (nSPS) is 11.8. The summed E-state index contributed by atoms with van der Waals surface area (Å²) in [7, 11) is 0. The summed E-state index contributed by atoms with van der Waals surface area (Å²) < 4.78 is 1.37. The first kappa shape index (κ1) is 15.7. The van der Waals surface area contributed by atoms with E-state index < -0.39 is 5.91 Å². The van der Waals surface area contributed by atoms with Gasteiger partial charge < -0.3 is 10.4 Å². The van der Waals surface area contributed by atoms with Crippen LogP contribution in [0.5, 0.6) is 0 Å². The average molecular weight is 309 g/mol. The fraction of sp³-hybridized carbons (Fsp3) is 0.500. The highest BCUT2D eigenvalue weighted by Crippen LogP contribution is 2.20. The molecule has 114 valence electrons. The first-order valence-electron chi connectivity index (χ1n) is 6.78. The molecule has 0 aromatic carbocycles. The second kappa shape index (κ2) is 6.36. The highest BCUT2D eigenvalue weighted by molar-refractivity contribution is 7.15. The van der Waals surface area contributed by atoms with Gasteiger partial charge in [-0.1, -0.05) is 13.8 Å². The van der Waals surface area contributed by atoms with Crippen LogP contribution in [0.4, 0.5) is 0 Å². The summed E-state index contributed by atoms with van der Waals surface area (Å²) in [6.45, 7) is 4.60. The van der Waals surface area contributed by atoms with Crippen molar-refractivity contribution < 1.29 is 9.90 Å². The maximum Gasteiger partial charge on any atom is 0.271 e. The molecule has 6 nitrogen and oxygen atoms in total. The van der Waals surface area contributed by atoms with Crippen LogP contribution in [0.15, 0.2) is 22.6 Å². The Balaban J connectivity index is 2.09. The van der Waals surface area contributed by atoms with Gasteiger partial charge in [-0.15, -0.1) is 11.3 Å². The van der Waals surface area contributed by atoms with E-state index in [1.165, 1.54) is 21.9 Å². The van der Waals surface area contributed by atoms with Crippen LogP contribution in [-0.4, -0.2) is 33.6 Å². The molecule has 0 fully saturated rings. The van der Waals surface area contributed by atoms with Crippen molar-refractivity contribution >= 4 is 22.2 Å². The van der Waals surface area contributed by atoms with Gasteiger partial charge in [-0.3, -0.25) is 14.0 Å². The number of carbonyl (C=O) groups is 1. The summed E-state index contributed by atoms with van der Waals surface area (Å²) in [6.07, 6.45) is 4.42. The summed E-state index contributed by atoms with van der Waals surface area (Å²) in [5, 5.41) is 13.4. The number of nitrogens with one attached hydrogen (secondary N) is 1. The number of thiazole rings is 1. The predicted octanol–water partition coefficient (Wildman–Crippen LogP) is 1.28. The second-order valence-corrected chi connectivity index (χ2v) is 6.58. The lowest BCUT2D eigenvalue weighted by Gasteiger charge is -2.24. The molecule has 2 heterocycles. The molecular weight excluding hydrogens is 290 g/mol. The smallest absolute Gasteiger partial charge is 0.271 e. The molecule has 0 spiro atoms. The van der Waals surface area contributed by atoms with E-state index in [2.05, 4.69) is 10.3 Å². The number of hydrogen-bond donors (Lipinski definition) is 2. The first-order chi connectivity index (χ1) is 9.94. The number of nitrogens with zero attached hydrogens (tertiary/aromatic N) is 2. The van der Waals surface area contributed by atoms with Gasteiger partial charge in [0.15, 0.2) is 4.96 Å². The van der Waals surface area contributed by atoms with Crippen LogP contribution in [0.2, 0.25) is 0 Å². The maximum atomic E-state index is 12.2. The number of aromatic nitrogens is 2.